The van der Waals surface area contributed by atoms with Gasteiger partial charge in [-0.15, -0.1) is 0 Å². The number of hydrogen-bond acceptors (Lipinski definition) is 7. The van der Waals surface area contributed by atoms with Crippen molar-refractivity contribution in [3.8, 4) is 0 Å². The van der Waals surface area contributed by atoms with E-state index < -0.39 is 23.6 Å². The van der Waals surface area contributed by atoms with Crippen LogP contribution in [0.1, 0.15) is 43.0 Å². The van der Waals surface area contributed by atoms with Gasteiger partial charge in [-0.05, 0) is 43.0 Å². The highest BCUT2D eigenvalue weighted by Gasteiger charge is 2.60. The Hall–Kier alpha value is -3.44. The zero-order valence-electron chi connectivity index (χ0n) is 32.3. The molecule has 2 saturated heterocycles. The van der Waals surface area contributed by atoms with Crippen molar-refractivity contribution in [2.45, 2.75) is 83.0 Å². The van der Waals surface area contributed by atoms with Gasteiger partial charge in [-0.3, -0.25) is 4.90 Å². The molecule has 0 aromatic heterocycles. The van der Waals surface area contributed by atoms with Gasteiger partial charge in [-0.25, -0.2) is 0 Å². The lowest BCUT2D eigenvalue weighted by Gasteiger charge is -2.46. The highest BCUT2D eigenvalue weighted by Crippen LogP contribution is 2.43. The lowest BCUT2D eigenvalue weighted by atomic mass is 9.85. The number of nitrogens with zero attached hydrogens (tertiary/aromatic N) is 2. The Bertz CT molecular complexity index is 1630. The number of likely N-dealkylation sites (N-methyl/N-ethyl adjacent to an activating group) is 1. The normalized spacial score (nSPS) is 23.0. The van der Waals surface area contributed by atoms with Crippen molar-refractivity contribution in [3.63, 3.8) is 0 Å². The highest BCUT2D eigenvalue weighted by atomic mass is 16.8. The zero-order chi connectivity index (χ0) is 37.2. The standard InChI is InChI=1S/C45H59N2O6/c1-36-45(53-44(2,3)52-36,35-48-31-37-18-10-6-11-19-37)43(51-34-40-24-16-9-17-25-40)42(50-33-39-22-14-8-15-23-39)41(49-32-38-20-12-7-13-21-38)30-46-26-28-47(4,5)29-27-46/h6-25,36,41-43H,26-35H2,1-5H3/q+1/t36-,41?,42?,43?,45-/m1/s1. The molecule has 0 radical (unpaired) electrons. The van der Waals surface area contributed by atoms with Crippen molar-refractivity contribution in [2.24, 2.45) is 0 Å². The molecule has 0 saturated carbocycles. The minimum atomic E-state index is -1.04. The number of piperazine rings is 1. The SMILES string of the molecule is C[C@H]1OC(C)(C)O[C@@]1(COCc1ccccc1)C(OCc1ccccc1)C(OCc1ccccc1)C(CN1CC[N+](C)(C)CC1)OCc1ccccc1. The summed E-state index contributed by atoms with van der Waals surface area (Å²) in [6, 6.07) is 41.2. The molecule has 0 aliphatic carbocycles. The number of rotatable bonds is 18. The quantitative estimate of drug-likeness (QED) is 0.100. The first-order valence-corrected chi connectivity index (χ1v) is 19.1. The molecule has 8 nitrogen and oxygen atoms in total. The lowest BCUT2D eigenvalue weighted by Crippen LogP contribution is -2.64. The Labute approximate surface area is 317 Å². The maximum Gasteiger partial charge on any atom is 0.164 e. The van der Waals surface area contributed by atoms with Crippen molar-refractivity contribution < 1.29 is 32.9 Å². The minimum absolute atomic E-state index is 0.234. The van der Waals surface area contributed by atoms with E-state index in [0.717, 1.165) is 52.9 Å². The van der Waals surface area contributed by atoms with Gasteiger partial charge in [0, 0.05) is 19.6 Å². The zero-order valence-corrected chi connectivity index (χ0v) is 32.3. The molecule has 0 N–H and O–H groups in total. The summed E-state index contributed by atoms with van der Waals surface area (Å²) in [5.41, 5.74) is 3.28. The van der Waals surface area contributed by atoms with Crippen LogP contribution in [0.2, 0.25) is 0 Å². The van der Waals surface area contributed by atoms with Crippen LogP contribution >= 0.6 is 0 Å². The van der Waals surface area contributed by atoms with Gasteiger partial charge in [-0.2, -0.15) is 0 Å². The number of ether oxygens (including phenoxy) is 6. The molecule has 284 valence electrons. The van der Waals surface area contributed by atoms with Crippen LogP contribution in [0.15, 0.2) is 121 Å². The summed E-state index contributed by atoms with van der Waals surface area (Å²) in [6.45, 7) is 12.6. The van der Waals surface area contributed by atoms with E-state index in [4.69, 9.17) is 28.4 Å². The second-order valence-electron chi connectivity index (χ2n) is 15.7. The fraction of sp³-hybridized carbons (Fsp3) is 0.467. The average Bonchev–Trinajstić information content (AvgIpc) is 3.41. The van der Waals surface area contributed by atoms with Crippen LogP contribution in [-0.4, -0.2) is 98.6 Å². The highest BCUT2D eigenvalue weighted by molar-refractivity contribution is 5.17. The molecular weight excluding hydrogens is 665 g/mol. The van der Waals surface area contributed by atoms with E-state index >= 15 is 0 Å². The third-order valence-electron chi connectivity index (χ3n) is 10.5. The molecule has 3 unspecified atom stereocenters. The van der Waals surface area contributed by atoms with Crippen LogP contribution in [0, 0.1) is 0 Å². The van der Waals surface area contributed by atoms with Crippen LogP contribution < -0.4 is 0 Å². The summed E-state index contributed by atoms with van der Waals surface area (Å²) < 4.78 is 42.7. The molecule has 0 amide bonds. The van der Waals surface area contributed by atoms with Crippen LogP contribution in [0.25, 0.3) is 0 Å². The lowest BCUT2D eigenvalue weighted by molar-refractivity contribution is -0.894. The molecule has 6 rings (SSSR count). The Kier molecular flexibility index (Phi) is 13.5. The minimum Gasteiger partial charge on any atom is -0.374 e. The van der Waals surface area contributed by atoms with Gasteiger partial charge in [0.2, 0.25) is 0 Å². The van der Waals surface area contributed by atoms with Crippen LogP contribution in [0.5, 0.6) is 0 Å². The van der Waals surface area contributed by atoms with E-state index in [1.54, 1.807) is 0 Å². The molecular formula is C45H59N2O6+. The summed E-state index contributed by atoms with van der Waals surface area (Å²) in [5, 5.41) is 0. The topological polar surface area (TPSA) is 58.6 Å². The van der Waals surface area contributed by atoms with Gasteiger partial charge in [0.15, 0.2) is 5.79 Å². The fourth-order valence-corrected chi connectivity index (χ4v) is 7.46. The smallest absolute Gasteiger partial charge is 0.164 e. The van der Waals surface area contributed by atoms with Gasteiger partial charge in [0.05, 0.1) is 72.4 Å². The number of hydrogen-bond donors (Lipinski definition) is 0. The van der Waals surface area contributed by atoms with E-state index in [-0.39, 0.29) is 18.8 Å². The average molecular weight is 724 g/mol. The molecule has 2 fully saturated rings. The second kappa shape index (κ2) is 18.3. The summed E-state index contributed by atoms with van der Waals surface area (Å²) >= 11 is 0. The molecule has 2 aliphatic rings. The Balaban J connectivity index is 1.41. The Morgan fingerprint density at radius 1 is 0.660 bits per heavy atom. The molecule has 5 atom stereocenters. The second-order valence-corrected chi connectivity index (χ2v) is 15.7. The molecule has 53 heavy (non-hydrogen) atoms. The predicted octanol–water partition coefficient (Wildman–Crippen LogP) is 7.26. The number of quaternary nitrogens is 1. The van der Waals surface area contributed by atoms with Gasteiger partial charge < -0.3 is 32.9 Å². The van der Waals surface area contributed by atoms with Crippen LogP contribution in [0.4, 0.5) is 0 Å². The van der Waals surface area contributed by atoms with E-state index in [1.807, 2.05) is 74.5 Å². The van der Waals surface area contributed by atoms with E-state index in [9.17, 15) is 0 Å². The van der Waals surface area contributed by atoms with E-state index in [2.05, 4.69) is 86.6 Å². The maximum atomic E-state index is 7.18. The van der Waals surface area contributed by atoms with Gasteiger partial charge in [-0.1, -0.05) is 121 Å². The summed E-state index contributed by atoms with van der Waals surface area (Å²) in [6.07, 6.45) is -1.97. The van der Waals surface area contributed by atoms with Crippen molar-refractivity contribution in [1.82, 2.24) is 4.90 Å². The van der Waals surface area contributed by atoms with Gasteiger partial charge in [0.25, 0.3) is 0 Å². The molecule has 0 bridgehead atoms. The first-order valence-electron chi connectivity index (χ1n) is 19.1. The third kappa shape index (κ3) is 11.1. The van der Waals surface area contributed by atoms with Crippen molar-refractivity contribution in [2.75, 3.05) is 53.4 Å². The molecule has 4 aromatic carbocycles. The monoisotopic (exact) mass is 723 g/mol. The van der Waals surface area contributed by atoms with Crippen molar-refractivity contribution in [3.05, 3.63) is 144 Å². The van der Waals surface area contributed by atoms with Crippen molar-refractivity contribution in [1.29, 1.82) is 0 Å². The molecule has 4 aromatic rings. The van der Waals surface area contributed by atoms with Crippen LogP contribution in [-0.2, 0) is 54.8 Å². The van der Waals surface area contributed by atoms with Crippen molar-refractivity contribution >= 4 is 0 Å². The van der Waals surface area contributed by atoms with E-state index in [0.29, 0.717) is 33.0 Å². The fourth-order valence-electron chi connectivity index (χ4n) is 7.46. The largest absolute Gasteiger partial charge is 0.374 e. The summed E-state index contributed by atoms with van der Waals surface area (Å²) in [7, 11) is 4.61. The molecule has 2 heterocycles. The van der Waals surface area contributed by atoms with Crippen LogP contribution in [0.3, 0.4) is 0 Å². The third-order valence-corrected chi connectivity index (χ3v) is 10.5. The van der Waals surface area contributed by atoms with E-state index in [1.165, 1.54) is 0 Å². The predicted molar refractivity (Wildman–Crippen MR) is 208 cm³/mol. The summed E-state index contributed by atoms with van der Waals surface area (Å²) in [5.74, 6) is -0.884. The van der Waals surface area contributed by atoms with Gasteiger partial charge >= 0.3 is 0 Å². The number of benzene rings is 4. The molecule has 8 heteroatoms. The molecule has 2 aliphatic heterocycles. The first-order chi connectivity index (χ1) is 25.6. The van der Waals surface area contributed by atoms with Gasteiger partial charge in [0.1, 0.15) is 17.8 Å². The Morgan fingerprint density at radius 2 is 1.11 bits per heavy atom. The molecule has 0 spiro atoms. The Morgan fingerprint density at radius 3 is 1.58 bits per heavy atom. The maximum absolute atomic E-state index is 7.18. The summed E-state index contributed by atoms with van der Waals surface area (Å²) in [4.78, 5) is 2.52. The first kappa shape index (κ1) is 39.3.